The van der Waals surface area contributed by atoms with Gasteiger partial charge < -0.3 is 10.0 Å². The van der Waals surface area contributed by atoms with E-state index in [1.54, 1.807) is 11.2 Å². The smallest absolute Gasteiger partial charge is 0.152 e. The lowest BCUT2D eigenvalue weighted by Crippen LogP contribution is -2.39. The van der Waals surface area contributed by atoms with Gasteiger partial charge >= 0.3 is 0 Å². The van der Waals surface area contributed by atoms with Crippen LogP contribution in [-0.2, 0) is 0 Å². The average Bonchev–Trinajstić information content (AvgIpc) is 1.97. The normalized spacial score (nSPS) is 31.6. The van der Waals surface area contributed by atoms with Gasteiger partial charge in [-0.15, -0.1) is 0 Å². The van der Waals surface area contributed by atoms with Crippen LogP contribution >= 0.6 is 0 Å². The third-order valence-corrected chi connectivity index (χ3v) is 1.59. The Kier molecular flexibility index (Phi) is 1.24. The van der Waals surface area contributed by atoms with E-state index < -0.39 is 6.23 Å². The number of rotatable bonds is 0. The summed E-state index contributed by atoms with van der Waals surface area (Å²) in [6.45, 7) is 3.80. The molecule has 0 aliphatic carbocycles. The summed E-state index contributed by atoms with van der Waals surface area (Å²) in [5.41, 5.74) is -0.325. The second kappa shape index (κ2) is 1.70. The fraction of sp³-hybridized carbons (Fsp3) is 0.833. The monoisotopic (exact) mass is 128 g/mol. The zero-order valence-corrected chi connectivity index (χ0v) is 6.00. The van der Waals surface area contributed by atoms with E-state index in [0.717, 1.165) is 0 Å². The summed E-state index contributed by atoms with van der Waals surface area (Å²) >= 11 is 0. The van der Waals surface area contributed by atoms with Crippen LogP contribution in [0.15, 0.2) is 4.99 Å². The topological polar surface area (TPSA) is 35.8 Å². The van der Waals surface area contributed by atoms with Crippen LogP contribution in [-0.4, -0.2) is 35.2 Å². The summed E-state index contributed by atoms with van der Waals surface area (Å²) in [5.74, 6) is 0. The van der Waals surface area contributed by atoms with E-state index in [1.807, 2.05) is 20.9 Å². The van der Waals surface area contributed by atoms with E-state index in [-0.39, 0.29) is 5.54 Å². The van der Waals surface area contributed by atoms with Crippen LogP contribution in [0.3, 0.4) is 0 Å². The molecule has 0 bridgehead atoms. The minimum Gasteiger partial charge on any atom is -0.371 e. The molecule has 1 aliphatic heterocycles. The van der Waals surface area contributed by atoms with E-state index in [4.69, 9.17) is 0 Å². The molecule has 1 N–H and O–H groups in total. The number of nitrogens with zero attached hydrogens (tertiary/aromatic N) is 2. The van der Waals surface area contributed by atoms with Crippen molar-refractivity contribution in [1.29, 1.82) is 0 Å². The maximum Gasteiger partial charge on any atom is 0.152 e. The first kappa shape index (κ1) is 6.55. The van der Waals surface area contributed by atoms with Crippen LogP contribution < -0.4 is 0 Å². The highest BCUT2D eigenvalue weighted by molar-refractivity contribution is 5.58. The van der Waals surface area contributed by atoms with Crippen molar-refractivity contribution in [2.24, 2.45) is 4.99 Å². The molecule has 1 aliphatic rings. The van der Waals surface area contributed by atoms with Gasteiger partial charge in [0, 0.05) is 7.05 Å². The minimum atomic E-state index is -0.461. The Hall–Kier alpha value is -0.570. The number of aliphatic imine (C=N–C) groups is 1. The Morgan fingerprint density at radius 1 is 1.67 bits per heavy atom. The summed E-state index contributed by atoms with van der Waals surface area (Å²) < 4.78 is 0. The summed E-state index contributed by atoms with van der Waals surface area (Å²) in [4.78, 5) is 5.78. The fourth-order valence-corrected chi connectivity index (χ4v) is 0.868. The Balaban J connectivity index is 2.74. The molecule has 3 heteroatoms. The molecule has 0 fully saturated rings. The Bertz CT molecular complexity index is 142. The predicted octanol–water partition coefficient (Wildman–Crippen LogP) is 0.0571. The first-order valence-electron chi connectivity index (χ1n) is 2.99. The molecule has 0 aromatic rings. The number of hydrogen-bond donors (Lipinski definition) is 1. The molecule has 1 heterocycles. The molecule has 0 amide bonds. The third kappa shape index (κ3) is 0.920. The standard InChI is InChI=1S/C6H12N2O/c1-6(2)5(9)8(3)4-7-6/h4-5,9H,1-3H3. The van der Waals surface area contributed by atoms with Gasteiger partial charge in [-0.25, -0.2) is 0 Å². The fourth-order valence-electron chi connectivity index (χ4n) is 0.868. The third-order valence-electron chi connectivity index (χ3n) is 1.59. The number of hydrogen-bond acceptors (Lipinski definition) is 3. The highest BCUT2D eigenvalue weighted by Gasteiger charge is 2.33. The Labute approximate surface area is 55.0 Å². The summed E-state index contributed by atoms with van der Waals surface area (Å²) in [6, 6.07) is 0. The zero-order valence-electron chi connectivity index (χ0n) is 6.00. The first-order chi connectivity index (χ1) is 4.04. The summed E-state index contributed by atoms with van der Waals surface area (Å²) in [5, 5.41) is 9.33. The molecule has 3 nitrogen and oxygen atoms in total. The van der Waals surface area contributed by atoms with Gasteiger partial charge in [0.15, 0.2) is 6.23 Å². The van der Waals surface area contributed by atoms with E-state index in [1.165, 1.54) is 0 Å². The largest absolute Gasteiger partial charge is 0.371 e. The Morgan fingerprint density at radius 2 is 2.22 bits per heavy atom. The summed E-state index contributed by atoms with van der Waals surface area (Å²) in [7, 11) is 1.81. The Morgan fingerprint density at radius 3 is 2.33 bits per heavy atom. The van der Waals surface area contributed by atoms with Gasteiger partial charge in [-0.05, 0) is 13.8 Å². The lowest BCUT2D eigenvalue weighted by Gasteiger charge is -2.23. The van der Waals surface area contributed by atoms with Gasteiger partial charge in [0.2, 0.25) is 0 Å². The minimum absolute atomic E-state index is 0.325. The maximum atomic E-state index is 9.33. The van der Waals surface area contributed by atoms with Crippen LogP contribution in [0.25, 0.3) is 0 Å². The molecule has 0 saturated carbocycles. The average molecular weight is 128 g/mol. The van der Waals surface area contributed by atoms with E-state index in [2.05, 4.69) is 4.99 Å². The molecule has 52 valence electrons. The van der Waals surface area contributed by atoms with E-state index >= 15 is 0 Å². The zero-order chi connectivity index (χ0) is 7.07. The van der Waals surface area contributed by atoms with Crippen LogP contribution in [0.2, 0.25) is 0 Å². The van der Waals surface area contributed by atoms with Crippen LogP contribution in [0.4, 0.5) is 0 Å². The van der Waals surface area contributed by atoms with Crippen molar-refractivity contribution in [2.45, 2.75) is 25.6 Å². The molecule has 1 unspecified atom stereocenters. The van der Waals surface area contributed by atoms with Gasteiger partial charge in [-0.1, -0.05) is 0 Å². The van der Waals surface area contributed by atoms with Crippen LogP contribution in [0.1, 0.15) is 13.8 Å². The molecule has 1 rings (SSSR count). The van der Waals surface area contributed by atoms with Gasteiger partial charge in [-0.3, -0.25) is 4.99 Å². The van der Waals surface area contributed by atoms with Crippen molar-refractivity contribution < 1.29 is 5.11 Å². The molecule has 1 atom stereocenters. The van der Waals surface area contributed by atoms with Gasteiger partial charge in [0.25, 0.3) is 0 Å². The second-order valence-corrected chi connectivity index (χ2v) is 2.94. The molecule has 0 spiro atoms. The molecule has 0 aromatic heterocycles. The van der Waals surface area contributed by atoms with E-state index in [9.17, 15) is 5.11 Å². The van der Waals surface area contributed by atoms with Crippen LogP contribution in [0.5, 0.6) is 0 Å². The van der Waals surface area contributed by atoms with Crippen molar-refractivity contribution in [3.63, 3.8) is 0 Å². The molecule has 0 saturated heterocycles. The molecular formula is C6H12N2O. The lowest BCUT2D eigenvalue weighted by atomic mass is 10.1. The molecule has 0 aromatic carbocycles. The van der Waals surface area contributed by atoms with Crippen molar-refractivity contribution in [2.75, 3.05) is 7.05 Å². The van der Waals surface area contributed by atoms with Crippen molar-refractivity contribution in [3.8, 4) is 0 Å². The van der Waals surface area contributed by atoms with E-state index in [0.29, 0.717) is 0 Å². The number of likely N-dealkylation sites (N-methyl/N-ethyl adjacent to an activating group) is 1. The first-order valence-corrected chi connectivity index (χ1v) is 2.99. The van der Waals surface area contributed by atoms with Crippen molar-refractivity contribution in [3.05, 3.63) is 0 Å². The number of aliphatic hydroxyl groups excluding tert-OH is 1. The SMILES string of the molecule is CN1C=NC(C)(C)C1O. The maximum absolute atomic E-state index is 9.33. The van der Waals surface area contributed by atoms with Gasteiger partial charge in [0.05, 0.1) is 6.34 Å². The highest BCUT2D eigenvalue weighted by Crippen LogP contribution is 2.20. The van der Waals surface area contributed by atoms with Crippen molar-refractivity contribution in [1.82, 2.24) is 4.90 Å². The predicted molar refractivity (Wildman–Crippen MR) is 36.3 cm³/mol. The summed E-state index contributed by atoms with van der Waals surface area (Å²) in [6.07, 6.45) is 1.20. The molecule has 0 radical (unpaired) electrons. The quantitative estimate of drug-likeness (QED) is 0.500. The van der Waals surface area contributed by atoms with Gasteiger partial charge in [0.1, 0.15) is 5.54 Å². The lowest BCUT2D eigenvalue weighted by molar-refractivity contribution is 0.0332. The van der Waals surface area contributed by atoms with Crippen molar-refractivity contribution >= 4 is 6.34 Å². The second-order valence-electron chi connectivity index (χ2n) is 2.94. The van der Waals surface area contributed by atoms with Gasteiger partial charge in [-0.2, -0.15) is 0 Å². The molecule has 9 heavy (non-hydrogen) atoms. The van der Waals surface area contributed by atoms with Crippen LogP contribution in [0, 0.1) is 0 Å². The number of aliphatic hydroxyl groups is 1. The molecular weight excluding hydrogens is 116 g/mol. The highest BCUT2D eigenvalue weighted by atomic mass is 16.3.